The van der Waals surface area contributed by atoms with Crippen molar-refractivity contribution in [2.24, 2.45) is 0 Å². The maximum atomic E-state index is 11.0. The van der Waals surface area contributed by atoms with Crippen molar-refractivity contribution < 1.29 is 14.6 Å². The second-order valence-electron chi connectivity index (χ2n) is 4.71. The zero-order valence-electron chi connectivity index (χ0n) is 12.1. The number of anilines is 1. The second-order valence-corrected chi connectivity index (χ2v) is 4.71. The van der Waals surface area contributed by atoms with Crippen LogP contribution in [-0.4, -0.2) is 22.7 Å². The van der Waals surface area contributed by atoms with Crippen LogP contribution < -0.4 is 10.1 Å². The van der Waals surface area contributed by atoms with Gasteiger partial charge in [-0.15, -0.1) is 0 Å². The number of hydrogen-bond acceptors (Lipinski definition) is 4. The summed E-state index contributed by atoms with van der Waals surface area (Å²) in [5.41, 5.74) is 2.92. The number of carboxylic acid groups (broad SMARTS) is 1. The monoisotopic (exact) mass is 286 g/mol. The molecule has 0 saturated carbocycles. The lowest BCUT2D eigenvalue weighted by molar-refractivity contribution is 0.0697. The van der Waals surface area contributed by atoms with Crippen LogP contribution >= 0.6 is 0 Å². The Morgan fingerprint density at radius 3 is 2.81 bits per heavy atom. The number of aromatic nitrogens is 1. The number of aryl methyl sites for hydroxylation is 1. The molecule has 0 aliphatic carbocycles. The first-order valence-corrected chi connectivity index (χ1v) is 6.74. The molecule has 0 bridgehead atoms. The third kappa shape index (κ3) is 4.21. The summed E-state index contributed by atoms with van der Waals surface area (Å²) >= 11 is 0. The van der Waals surface area contributed by atoms with Crippen molar-refractivity contribution in [1.29, 1.82) is 0 Å². The summed E-state index contributed by atoms with van der Waals surface area (Å²) in [5, 5.41) is 12.3. The molecule has 2 aromatic rings. The number of aromatic carboxylic acids is 1. The number of nitrogens with one attached hydrogen (secondary N) is 1. The molecule has 5 nitrogen and oxygen atoms in total. The molecule has 1 heterocycles. The average Bonchev–Trinajstić information content (AvgIpc) is 2.45. The molecule has 1 aromatic heterocycles. The summed E-state index contributed by atoms with van der Waals surface area (Å²) in [7, 11) is 0. The molecule has 110 valence electrons. The minimum absolute atomic E-state index is 0.277. The highest BCUT2D eigenvalue weighted by molar-refractivity contribution is 5.89. The van der Waals surface area contributed by atoms with E-state index in [0.717, 1.165) is 22.6 Å². The lowest BCUT2D eigenvalue weighted by Gasteiger charge is -2.10. The van der Waals surface area contributed by atoms with Crippen molar-refractivity contribution in [1.82, 2.24) is 4.98 Å². The van der Waals surface area contributed by atoms with Crippen LogP contribution in [0.3, 0.4) is 0 Å². The molecule has 0 aliphatic heterocycles. The van der Waals surface area contributed by atoms with Gasteiger partial charge in [0.05, 0.1) is 18.4 Å². The smallest absolute Gasteiger partial charge is 0.335 e. The number of carbonyl (C=O) groups is 1. The van der Waals surface area contributed by atoms with Gasteiger partial charge in [-0.1, -0.05) is 0 Å². The predicted octanol–water partition coefficient (Wildman–Crippen LogP) is 3.10. The normalized spacial score (nSPS) is 10.2. The molecular weight excluding hydrogens is 268 g/mol. The minimum atomic E-state index is -0.929. The van der Waals surface area contributed by atoms with Gasteiger partial charge in [0.1, 0.15) is 5.75 Å². The van der Waals surface area contributed by atoms with E-state index < -0.39 is 5.97 Å². The van der Waals surface area contributed by atoms with E-state index in [2.05, 4.69) is 10.3 Å². The van der Waals surface area contributed by atoms with Crippen molar-refractivity contribution in [3.63, 3.8) is 0 Å². The fourth-order valence-corrected chi connectivity index (χ4v) is 2.02. The highest BCUT2D eigenvalue weighted by Crippen LogP contribution is 2.17. The minimum Gasteiger partial charge on any atom is -0.492 e. The van der Waals surface area contributed by atoms with Crippen LogP contribution in [0.2, 0.25) is 0 Å². The third-order valence-electron chi connectivity index (χ3n) is 2.90. The number of pyridine rings is 1. The van der Waals surface area contributed by atoms with Crippen molar-refractivity contribution >= 4 is 11.7 Å². The van der Waals surface area contributed by atoms with Crippen LogP contribution in [0.5, 0.6) is 5.75 Å². The van der Waals surface area contributed by atoms with Crippen molar-refractivity contribution in [2.75, 3.05) is 11.9 Å². The Morgan fingerprint density at radius 1 is 1.29 bits per heavy atom. The Balaban J connectivity index is 2.09. The fourth-order valence-electron chi connectivity index (χ4n) is 2.02. The molecule has 0 fully saturated rings. The number of rotatable bonds is 6. The lowest BCUT2D eigenvalue weighted by atomic mass is 10.1. The molecule has 0 atom stereocenters. The Hall–Kier alpha value is -2.56. The van der Waals surface area contributed by atoms with Gasteiger partial charge in [-0.25, -0.2) is 4.79 Å². The van der Waals surface area contributed by atoms with E-state index in [1.807, 2.05) is 26.0 Å². The van der Waals surface area contributed by atoms with Crippen LogP contribution in [0.15, 0.2) is 36.7 Å². The number of nitrogens with zero attached hydrogens (tertiary/aromatic N) is 1. The Bertz CT molecular complexity index is 641. The number of benzene rings is 1. The molecule has 0 spiro atoms. The lowest BCUT2D eigenvalue weighted by Crippen LogP contribution is -2.03. The van der Waals surface area contributed by atoms with Gasteiger partial charge in [0, 0.05) is 18.4 Å². The summed E-state index contributed by atoms with van der Waals surface area (Å²) in [6.07, 6.45) is 3.42. The highest BCUT2D eigenvalue weighted by Gasteiger charge is 2.05. The topological polar surface area (TPSA) is 71.5 Å². The molecule has 0 aliphatic rings. The van der Waals surface area contributed by atoms with Gasteiger partial charge in [-0.2, -0.15) is 0 Å². The summed E-state index contributed by atoms with van der Waals surface area (Å²) in [6, 6.07) is 7.09. The largest absolute Gasteiger partial charge is 0.492 e. The molecule has 2 rings (SSSR count). The van der Waals surface area contributed by atoms with E-state index in [-0.39, 0.29) is 5.56 Å². The maximum Gasteiger partial charge on any atom is 0.335 e. The summed E-state index contributed by atoms with van der Waals surface area (Å²) in [6.45, 7) is 4.94. The number of hydrogen-bond donors (Lipinski definition) is 2. The first-order valence-electron chi connectivity index (χ1n) is 6.74. The van der Waals surface area contributed by atoms with E-state index in [1.54, 1.807) is 24.5 Å². The molecule has 2 N–H and O–H groups in total. The molecule has 0 unspecified atom stereocenters. The zero-order chi connectivity index (χ0) is 15.2. The maximum absolute atomic E-state index is 11.0. The van der Waals surface area contributed by atoms with Gasteiger partial charge in [0.2, 0.25) is 0 Å². The summed E-state index contributed by atoms with van der Waals surface area (Å²) < 4.78 is 5.40. The predicted molar refractivity (Wildman–Crippen MR) is 80.9 cm³/mol. The van der Waals surface area contributed by atoms with E-state index in [9.17, 15) is 4.79 Å². The molecular formula is C16H18N2O3. The Labute approximate surface area is 123 Å². The van der Waals surface area contributed by atoms with Gasteiger partial charge >= 0.3 is 5.97 Å². The molecule has 0 saturated heterocycles. The van der Waals surface area contributed by atoms with Gasteiger partial charge in [-0.05, 0) is 49.2 Å². The van der Waals surface area contributed by atoms with Gasteiger partial charge < -0.3 is 15.2 Å². The number of ether oxygens (including phenoxy) is 1. The quantitative estimate of drug-likeness (QED) is 0.853. The molecule has 1 aromatic carbocycles. The van der Waals surface area contributed by atoms with E-state index in [0.29, 0.717) is 13.2 Å². The second kappa shape index (κ2) is 6.74. The molecule has 0 amide bonds. The first kappa shape index (κ1) is 14.8. The number of carboxylic acids is 1. The molecule has 0 radical (unpaired) electrons. The third-order valence-corrected chi connectivity index (χ3v) is 2.90. The van der Waals surface area contributed by atoms with Crippen molar-refractivity contribution in [3.05, 3.63) is 53.3 Å². The van der Waals surface area contributed by atoms with Gasteiger partial charge in [0.25, 0.3) is 0 Å². The van der Waals surface area contributed by atoms with Gasteiger partial charge in [0.15, 0.2) is 0 Å². The molecule has 5 heteroatoms. The fraction of sp³-hybridized carbons (Fsp3) is 0.250. The van der Waals surface area contributed by atoms with Crippen LogP contribution in [0.1, 0.15) is 28.4 Å². The summed E-state index contributed by atoms with van der Waals surface area (Å²) in [5.74, 6) is -0.200. The van der Waals surface area contributed by atoms with E-state index in [1.165, 1.54) is 0 Å². The van der Waals surface area contributed by atoms with Crippen LogP contribution in [0.25, 0.3) is 0 Å². The van der Waals surface area contributed by atoms with Crippen LogP contribution in [-0.2, 0) is 6.54 Å². The average molecular weight is 286 g/mol. The van der Waals surface area contributed by atoms with E-state index in [4.69, 9.17) is 9.84 Å². The van der Waals surface area contributed by atoms with Crippen LogP contribution in [0, 0.1) is 6.92 Å². The van der Waals surface area contributed by atoms with Crippen LogP contribution in [0.4, 0.5) is 5.69 Å². The summed E-state index contributed by atoms with van der Waals surface area (Å²) in [4.78, 5) is 15.2. The zero-order valence-corrected chi connectivity index (χ0v) is 12.1. The SMILES string of the molecule is CCOc1cncc(CNc2cc(C)cc(C(=O)O)c2)c1. The van der Waals surface area contributed by atoms with Gasteiger partial charge in [-0.3, -0.25) is 4.98 Å². The van der Waals surface area contributed by atoms with Crippen molar-refractivity contribution in [3.8, 4) is 5.75 Å². The first-order chi connectivity index (χ1) is 10.1. The van der Waals surface area contributed by atoms with E-state index >= 15 is 0 Å². The Morgan fingerprint density at radius 2 is 2.10 bits per heavy atom. The van der Waals surface area contributed by atoms with Crippen molar-refractivity contribution in [2.45, 2.75) is 20.4 Å². The standard InChI is InChI=1S/C16H18N2O3/c1-3-21-15-6-12(8-17-10-15)9-18-14-5-11(2)4-13(7-14)16(19)20/h4-8,10,18H,3,9H2,1-2H3,(H,19,20). The highest BCUT2D eigenvalue weighted by atomic mass is 16.5. The Kier molecular flexibility index (Phi) is 4.77. The molecule has 21 heavy (non-hydrogen) atoms.